The summed E-state index contributed by atoms with van der Waals surface area (Å²) in [6.45, 7) is 2.27. The molecule has 0 bridgehead atoms. The Bertz CT molecular complexity index is 667. The van der Waals surface area contributed by atoms with Crippen LogP contribution < -0.4 is 11.1 Å². The highest BCUT2D eigenvalue weighted by Crippen LogP contribution is 2.28. The number of nitrogens with one attached hydrogen (secondary N) is 1. The minimum absolute atomic E-state index is 0.143. The maximum atomic E-state index is 12.4. The van der Waals surface area contributed by atoms with Crippen molar-refractivity contribution in [1.82, 2.24) is 9.88 Å². The minimum Gasteiger partial charge on any atom is -0.326 e. The second kappa shape index (κ2) is 5.93. The van der Waals surface area contributed by atoms with E-state index in [1.54, 1.807) is 17.4 Å². The normalized spacial score (nSPS) is 14.8. The molecule has 1 aromatic heterocycles. The Morgan fingerprint density at radius 3 is 3.10 bits per heavy atom. The molecule has 3 N–H and O–H groups in total. The van der Waals surface area contributed by atoms with Gasteiger partial charge in [0, 0.05) is 36.5 Å². The van der Waals surface area contributed by atoms with Gasteiger partial charge < -0.3 is 10.6 Å². The van der Waals surface area contributed by atoms with Crippen molar-refractivity contribution in [2.75, 3.05) is 18.9 Å². The molecule has 1 aliphatic rings. The monoisotopic (exact) mass is 302 g/mol. The molecule has 3 rings (SSSR count). The van der Waals surface area contributed by atoms with Gasteiger partial charge in [0.15, 0.2) is 5.13 Å². The van der Waals surface area contributed by atoms with Gasteiger partial charge in [0.1, 0.15) is 0 Å². The number of rotatable bonds is 3. The Labute approximate surface area is 127 Å². The smallest absolute Gasteiger partial charge is 0.257 e. The number of hydrogen-bond acceptors (Lipinski definition) is 5. The zero-order valence-corrected chi connectivity index (χ0v) is 12.7. The number of benzene rings is 1. The van der Waals surface area contributed by atoms with Crippen molar-refractivity contribution in [2.45, 2.75) is 19.5 Å². The third-order valence-corrected chi connectivity index (χ3v) is 4.62. The lowest BCUT2D eigenvalue weighted by molar-refractivity contribution is 0.102. The first-order valence-corrected chi connectivity index (χ1v) is 7.75. The molecule has 1 aromatic carbocycles. The van der Waals surface area contributed by atoms with Crippen LogP contribution in [0.1, 0.15) is 26.5 Å². The van der Waals surface area contributed by atoms with Gasteiger partial charge in [-0.3, -0.25) is 10.1 Å². The predicted molar refractivity (Wildman–Crippen MR) is 84.4 cm³/mol. The van der Waals surface area contributed by atoms with Crippen molar-refractivity contribution < 1.29 is 4.79 Å². The molecule has 2 heterocycles. The average Bonchev–Trinajstić information content (AvgIpc) is 2.88. The third-order valence-electron chi connectivity index (χ3n) is 3.62. The van der Waals surface area contributed by atoms with Crippen LogP contribution in [0.4, 0.5) is 5.13 Å². The number of nitrogens with two attached hydrogens (primary N) is 1. The maximum Gasteiger partial charge on any atom is 0.257 e. The second-order valence-corrected chi connectivity index (χ2v) is 6.28. The Morgan fingerprint density at radius 1 is 1.48 bits per heavy atom. The molecular formula is C15H18N4OS. The zero-order valence-electron chi connectivity index (χ0n) is 11.9. The summed E-state index contributed by atoms with van der Waals surface area (Å²) in [6, 6.07) is 7.39. The molecule has 0 aliphatic carbocycles. The molecule has 21 heavy (non-hydrogen) atoms. The van der Waals surface area contributed by atoms with Gasteiger partial charge in [-0.25, -0.2) is 4.98 Å². The van der Waals surface area contributed by atoms with Crippen molar-refractivity contribution in [2.24, 2.45) is 5.73 Å². The molecule has 0 radical (unpaired) electrons. The molecule has 1 amide bonds. The Morgan fingerprint density at radius 2 is 2.29 bits per heavy atom. The number of thiazole rings is 1. The molecule has 5 nitrogen and oxygen atoms in total. The predicted octanol–water partition coefficient (Wildman–Crippen LogP) is 1.84. The maximum absolute atomic E-state index is 12.4. The van der Waals surface area contributed by atoms with Crippen LogP contribution in [0, 0.1) is 0 Å². The van der Waals surface area contributed by atoms with Crippen molar-refractivity contribution in [3.8, 4) is 0 Å². The van der Waals surface area contributed by atoms with E-state index in [-0.39, 0.29) is 5.91 Å². The lowest BCUT2D eigenvalue weighted by atomic mass is 10.1. The SMILES string of the molecule is CN1CCc2nc(NC(=O)c3ccccc3CN)sc2C1. The van der Waals surface area contributed by atoms with Gasteiger partial charge in [-0.1, -0.05) is 18.2 Å². The van der Waals surface area contributed by atoms with Crippen molar-refractivity contribution in [3.05, 3.63) is 46.0 Å². The summed E-state index contributed by atoms with van der Waals surface area (Å²) in [5.41, 5.74) is 8.25. The summed E-state index contributed by atoms with van der Waals surface area (Å²) in [5.74, 6) is -0.143. The largest absolute Gasteiger partial charge is 0.326 e. The number of amides is 1. The first-order chi connectivity index (χ1) is 10.2. The van der Waals surface area contributed by atoms with Crippen LogP contribution in [0.2, 0.25) is 0 Å². The van der Waals surface area contributed by atoms with E-state index in [1.165, 1.54) is 4.88 Å². The van der Waals surface area contributed by atoms with Crippen molar-refractivity contribution in [3.63, 3.8) is 0 Å². The molecule has 0 unspecified atom stereocenters. The highest BCUT2D eigenvalue weighted by atomic mass is 32.1. The van der Waals surface area contributed by atoms with Crippen LogP contribution in [0.15, 0.2) is 24.3 Å². The number of likely N-dealkylation sites (N-methyl/N-ethyl adjacent to an activating group) is 1. The highest BCUT2D eigenvalue weighted by molar-refractivity contribution is 7.15. The van der Waals surface area contributed by atoms with Gasteiger partial charge in [-0.05, 0) is 18.7 Å². The molecule has 1 aliphatic heterocycles. The number of hydrogen-bond donors (Lipinski definition) is 2. The number of carbonyl (C=O) groups is 1. The lowest BCUT2D eigenvalue weighted by Gasteiger charge is -2.20. The molecule has 6 heteroatoms. The molecule has 0 fully saturated rings. The van der Waals surface area contributed by atoms with Gasteiger partial charge in [0.25, 0.3) is 5.91 Å². The fourth-order valence-electron chi connectivity index (χ4n) is 2.46. The summed E-state index contributed by atoms with van der Waals surface area (Å²) in [7, 11) is 2.10. The number of fused-ring (bicyclic) bond motifs is 1. The molecule has 110 valence electrons. The first kappa shape index (κ1) is 14.2. The summed E-state index contributed by atoms with van der Waals surface area (Å²) >= 11 is 1.56. The van der Waals surface area contributed by atoms with Crippen LogP contribution >= 0.6 is 11.3 Å². The Hall–Kier alpha value is -1.76. The van der Waals surface area contributed by atoms with Gasteiger partial charge in [-0.15, -0.1) is 11.3 Å². The highest BCUT2D eigenvalue weighted by Gasteiger charge is 2.19. The van der Waals surface area contributed by atoms with E-state index >= 15 is 0 Å². The van der Waals surface area contributed by atoms with E-state index in [0.29, 0.717) is 17.2 Å². The number of anilines is 1. The number of nitrogens with zero attached hydrogens (tertiary/aromatic N) is 2. The number of carbonyl (C=O) groups excluding carboxylic acids is 1. The average molecular weight is 302 g/mol. The second-order valence-electron chi connectivity index (χ2n) is 5.19. The van der Waals surface area contributed by atoms with E-state index in [9.17, 15) is 4.79 Å². The van der Waals surface area contributed by atoms with Crippen molar-refractivity contribution in [1.29, 1.82) is 0 Å². The van der Waals surface area contributed by atoms with Crippen LogP contribution in [-0.2, 0) is 19.5 Å². The summed E-state index contributed by atoms with van der Waals surface area (Å²) in [5, 5.41) is 3.57. The summed E-state index contributed by atoms with van der Waals surface area (Å²) in [6.07, 6.45) is 0.942. The van der Waals surface area contributed by atoms with E-state index in [0.717, 1.165) is 30.8 Å². The van der Waals surface area contributed by atoms with Gasteiger partial charge in [-0.2, -0.15) is 0 Å². The molecule has 0 spiro atoms. The number of aromatic nitrogens is 1. The molecule has 2 aromatic rings. The standard InChI is InChI=1S/C15H18N4OS/c1-19-7-6-12-13(9-19)21-15(17-12)18-14(20)11-5-3-2-4-10(11)8-16/h2-5H,6-9,16H2,1H3,(H,17,18,20). The Balaban J connectivity index is 1.79. The minimum atomic E-state index is -0.143. The molecular weight excluding hydrogens is 284 g/mol. The fourth-order valence-corrected chi connectivity index (χ4v) is 3.54. The summed E-state index contributed by atoms with van der Waals surface area (Å²) < 4.78 is 0. The van der Waals surface area contributed by atoms with Crippen LogP contribution in [0.25, 0.3) is 0 Å². The van der Waals surface area contributed by atoms with E-state index in [4.69, 9.17) is 5.73 Å². The molecule has 0 saturated carbocycles. The van der Waals surface area contributed by atoms with Crippen LogP contribution in [-0.4, -0.2) is 29.4 Å². The van der Waals surface area contributed by atoms with Gasteiger partial charge >= 0.3 is 0 Å². The van der Waals surface area contributed by atoms with Gasteiger partial charge in [0.2, 0.25) is 0 Å². The lowest BCUT2D eigenvalue weighted by Crippen LogP contribution is -2.25. The quantitative estimate of drug-likeness (QED) is 0.907. The molecule has 0 saturated heterocycles. The first-order valence-electron chi connectivity index (χ1n) is 6.94. The fraction of sp³-hybridized carbons (Fsp3) is 0.333. The van der Waals surface area contributed by atoms with Crippen LogP contribution in [0.5, 0.6) is 0 Å². The van der Waals surface area contributed by atoms with E-state index in [2.05, 4.69) is 22.2 Å². The third kappa shape index (κ3) is 2.97. The van der Waals surface area contributed by atoms with Gasteiger partial charge in [0.05, 0.1) is 5.69 Å². The van der Waals surface area contributed by atoms with Crippen LogP contribution in [0.3, 0.4) is 0 Å². The van der Waals surface area contributed by atoms with E-state index in [1.807, 2.05) is 18.2 Å². The topological polar surface area (TPSA) is 71.2 Å². The summed E-state index contributed by atoms with van der Waals surface area (Å²) in [4.78, 5) is 20.4. The zero-order chi connectivity index (χ0) is 14.8. The Kier molecular flexibility index (Phi) is 4.01. The van der Waals surface area contributed by atoms with E-state index < -0.39 is 0 Å². The van der Waals surface area contributed by atoms with Crippen molar-refractivity contribution >= 4 is 22.4 Å². The molecule has 0 atom stereocenters.